The molecule has 82 valence electrons. The Morgan fingerprint density at radius 3 is 3.00 bits per heavy atom. The molecule has 0 bridgehead atoms. The first-order valence-corrected chi connectivity index (χ1v) is 5.25. The van der Waals surface area contributed by atoms with Crippen LogP contribution in [-0.4, -0.2) is 27.4 Å². The molecule has 2 atom stereocenters. The lowest BCUT2D eigenvalue weighted by atomic mass is 10.3. The van der Waals surface area contributed by atoms with Gasteiger partial charge in [0, 0.05) is 0 Å². The van der Waals surface area contributed by atoms with Gasteiger partial charge in [-0.1, -0.05) is 18.2 Å². The maximum absolute atomic E-state index is 8.99. The van der Waals surface area contributed by atoms with Crippen LogP contribution in [0.1, 0.15) is 6.23 Å². The Morgan fingerprint density at radius 2 is 2.19 bits per heavy atom. The minimum Gasteiger partial charge on any atom is -0.393 e. The van der Waals surface area contributed by atoms with Crippen molar-refractivity contribution in [3.8, 4) is 0 Å². The van der Waals surface area contributed by atoms with Gasteiger partial charge in [-0.25, -0.2) is 4.98 Å². The predicted octanol–water partition coefficient (Wildman–Crippen LogP) is 1.48. The van der Waals surface area contributed by atoms with Gasteiger partial charge in [-0.2, -0.15) is 0 Å². The van der Waals surface area contributed by atoms with Crippen molar-refractivity contribution in [1.82, 2.24) is 9.55 Å². The van der Waals surface area contributed by atoms with Crippen LogP contribution < -0.4 is 0 Å². The molecule has 1 aliphatic heterocycles. The molecule has 0 fully saturated rings. The molecule has 3 rings (SSSR count). The number of hydrogen-bond acceptors (Lipinski definition) is 3. The molecule has 16 heavy (non-hydrogen) atoms. The molecule has 4 heteroatoms. The summed E-state index contributed by atoms with van der Waals surface area (Å²) in [6.45, 7) is 0.0135. The normalized spacial score (nSPS) is 24.3. The number of imidazole rings is 1. The first-order valence-electron chi connectivity index (χ1n) is 5.25. The third-order valence-corrected chi connectivity index (χ3v) is 2.74. The highest BCUT2D eigenvalue weighted by Gasteiger charge is 2.20. The topological polar surface area (TPSA) is 47.3 Å². The molecule has 1 aromatic carbocycles. The first kappa shape index (κ1) is 9.57. The molecule has 4 nitrogen and oxygen atoms in total. The highest BCUT2D eigenvalue weighted by atomic mass is 16.5. The van der Waals surface area contributed by atoms with Gasteiger partial charge in [0.1, 0.15) is 6.10 Å². The molecular formula is C12H12N2O2. The quantitative estimate of drug-likeness (QED) is 0.773. The predicted molar refractivity (Wildman–Crippen MR) is 59.9 cm³/mol. The van der Waals surface area contributed by atoms with Crippen molar-refractivity contribution >= 4 is 11.0 Å². The monoisotopic (exact) mass is 216 g/mol. The van der Waals surface area contributed by atoms with Crippen LogP contribution in [0.3, 0.4) is 0 Å². The third-order valence-electron chi connectivity index (χ3n) is 2.74. The molecule has 0 radical (unpaired) electrons. The number of benzene rings is 1. The van der Waals surface area contributed by atoms with E-state index >= 15 is 0 Å². The number of aliphatic hydroxyl groups excluding tert-OH is 1. The zero-order valence-corrected chi connectivity index (χ0v) is 8.65. The van der Waals surface area contributed by atoms with Gasteiger partial charge in [0.25, 0.3) is 0 Å². The summed E-state index contributed by atoms with van der Waals surface area (Å²) in [4.78, 5) is 4.30. The highest BCUT2D eigenvalue weighted by molar-refractivity contribution is 5.75. The maximum Gasteiger partial charge on any atom is 0.155 e. The lowest BCUT2D eigenvalue weighted by Gasteiger charge is -2.14. The van der Waals surface area contributed by atoms with Gasteiger partial charge in [-0.05, 0) is 18.2 Å². The van der Waals surface area contributed by atoms with E-state index in [2.05, 4.69) is 4.98 Å². The zero-order chi connectivity index (χ0) is 11.0. The van der Waals surface area contributed by atoms with Gasteiger partial charge in [-0.3, -0.25) is 0 Å². The summed E-state index contributed by atoms with van der Waals surface area (Å²) in [6.07, 6.45) is 5.21. The van der Waals surface area contributed by atoms with Crippen molar-refractivity contribution in [1.29, 1.82) is 0 Å². The van der Waals surface area contributed by atoms with E-state index in [9.17, 15) is 0 Å². The minimum absolute atomic E-state index is 0.0135. The molecule has 2 heterocycles. The molecule has 0 saturated carbocycles. The number of rotatable bonds is 2. The van der Waals surface area contributed by atoms with Crippen LogP contribution in [0.2, 0.25) is 0 Å². The van der Waals surface area contributed by atoms with E-state index in [0.29, 0.717) is 0 Å². The standard InChI is InChI=1S/C12H12N2O2/c15-7-9-5-6-12(16-9)14-8-13-10-3-1-2-4-11(10)14/h1-6,8-9,12,15H,7H2/t9-,12+/m0/s1. The van der Waals surface area contributed by atoms with Gasteiger partial charge in [0.2, 0.25) is 0 Å². The van der Waals surface area contributed by atoms with Crippen LogP contribution in [0.5, 0.6) is 0 Å². The molecule has 1 aromatic heterocycles. The largest absolute Gasteiger partial charge is 0.393 e. The number of aliphatic hydroxyl groups is 1. The molecule has 0 unspecified atom stereocenters. The average molecular weight is 216 g/mol. The Kier molecular flexibility index (Phi) is 2.23. The summed E-state index contributed by atoms with van der Waals surface area (Å²) in [7, 11) is 0. The lowest BCUT2D eigenvalue weighted by Crippen LogP contribution is -2.14. The fraction of sp³-hybridized carbons (Fsp3) is 0.250. The number of ether oxygens (including phenoxy) is 1. The van der Waals surface area contributed by atoms with Crippen LogP contribution in [0.15, 0.2) is 42.7 Å². The summed E-state index contributed by atoms with van der Waals surface area (Å²) >= 11 is 0. The Morgan fingerprint density at radius 1 is 1.31 bits per heavy atom. The van der Waals surface area contributed by atoms with Crippen LogP contribution in [0, 0.1) is 0 Å². The summed E-state index contributed by atoms with van der Waals surface area (Å²) < 4.78 is 7.58. The van der Waals surface area contributed by atoms with Gasteiger partial charge in [0.05, 0.1) is 24.0 Å². The summed E-state index contributed by atoms with van der Waals surface area (Å²) in [6, 6.07) is 7.91. The second-order valence-electron chi connectivity index (χ2n) is 3.77. The Bertz CT molecular complexity index is 533. The zero-order valence-electron chi connectivity index (χ0n) is 8.65. The van der Waals surface area contributed by atoms with Gasteiger partial charge in [0.15, 0.2) is 6.23 Å². The van der Waals surface area contributed by atoms with Crippen molar-refractivity contribution < 1.29 is 9.84 Å². The number of hydrogen-bond donors (Lipinski definition) is 1. The van der Waals surface area contributed by atoms with Crippen LogP contribution in [0.25, 0.3) is 11.0 Å². The Labute approximate surface area is 92.8 Å². The lowest BCUT2D eigenvalue weighted by molar-refractivity contribution is -0.00615. The molecule has 0 saturated heterocycles. The van der Waals surface area contributed by atoms with Gasteiger partial charge >= 0.3 is 0 Å². The van der Waals surface area contributed by atoms with Gasteiger partial charge < -0.3 is 14.4 Å². The van der Waals surface area contributed by atoms with Crippen molar-refractivity contribution in [2.24, 2.45) is 0 Å². The van der Waals surface area contributed by atoms with Crippen LogP contribution in [-0.2, 0) is 4.74 Å². The van der Waals surface area contributed by atoms with E-state index in [-0.39, 0.29) is 18.9 Å². The van der Waals surface area contributed by atoms with E-state index in [1.54, 1.807) is 6.33 Å². The number of para-hydroxylation sites is 2. The second kappa shape index (κ2) is 3.73. The molecule has 0 amide bonds. The maximum atomic E-state index is 8.99. The molecule has 0 aliphatic carbocycles. The highest BCUT2D eigenvalue weighted by Crippen LogP contribution is 2.24. The molecule has 1 N–H and O–H groups in total. The number of fused-ring (bicyclic) bond motifs is 1. The second-order valence-corrected chi connectivity index (χ2v) is 3.77. The number of aromatic nitrogens is 2. The van der Waals surface area contributed by atoms with Crippen molar-refractivity contribution in [2.75, 3.05) is 6.61 Å². The molecule has 2 aromatic rings. The molecular weight excluding hydrogens is 204 g/mol. The van der Waals surface area contributed by atoms with E-state index in [4.69, 9.17) is 9.84 Å². The summed E-state index contributed by atoms with van der Waals surface area (Å²) in [5.74, 6) is 0. The summed E-state index contributed by atoms with van der Waals surface area (Å²) in [5.41, 5.74) is 1.99. The first-order chi connectivity index (χ1) is 7.88. The van der Waals surface area contributed by atoms with Crippen LogP contribution in [0.4, 0.5) is 0 Å². The van der Waals surface area contributed by atoms with E-state index in [1.807, 2.05) is 41.0 Å². The molecule has 0 spiro atoms. The fourth-order valence-corrected chi connectivity index (χ4v) is 1.93. The fourth-order valence-electron chi connectivity index (χ4n) is 1.93. The number of nitrogens with zero attached hydrogens (tertiary/aromatic N) is 2. The van der Waals surface area contributed by atoms with Crippen molar-refractivity contribution in [3.05, 3.63) is 42.7 Å². The van der Waals surface area contributed by atoms with Gasteiger partial charge in [-0.15, -0.1) is 0 Å². The Balaban J connectivity index is 1.98. The minimum atomic E-state index is -0.203. The van der Waals surface area contributed by atoms with Crippen molar-refractivity contribution in [3.63, 3.8) is 0 Å². The average Bonchev–Trinajstić information content (AvgIpc) is 2.94. The smallest absolute Gasteiger partial charge is 0.155 e. The third kappa shape index (κ3) is 1.43. The molecule has 1 aliphatic rings. The summed E-state index contributed by atoms with van der Waals surface area (Å²) in [5, 5.41) is 8.99. The van der Waals surface area contributed by atoms with E-state index < -0.39 is 0 Å². The van der Waals surface area contributed by atoms with E-state index in [0.717, 1.165) is 11.0 Å². The Hall–Kier alpha value is -1.65. The van der Waals surface area contributed by atoms with Crippen molar-refractivity contribution in [2.45, 2.75) is 12.3 Å². The van der Waals surface area contributed by atoms with Crippen LogP contribution >= 0.6 is 0 Å². The van der Waals surface area contributed by atoms with E-state index in [1.165, 1.54) is 0 Å². The SMILES string of the molecule is OC[C@@H]1C=C[C@H](n2cnc3ccccc32)O1.